The van der Waals surface area contributed by atoms with E-state index >= 15 is 0 Å². The minimum atomic E-state index is -4.42. The van der Waals surface area contributed by atoms with Gasteiger partial charge in [0.15, 0.2) is 0 Å². The van der Waals surface area contributed by atoms with Gasteiger partial charge in [0.25, 0.3) is 5.56 Å². The molecule has 25 heavy (non-hydrogen) atoms. The Morgan fingerprint density at radius 3 is 2.68 bits per heavy atom. The monoisotopic (exact) mass is 352 g/mol. The summed E-state index contributed by atoms with van der Waals surface area (Å²) < 4.78 is 41.0. The van der Waals surface area contributed by atoms with Crippen LogP contribution in [0.25, 0.3) is 0 Å². The molecule has 134 valence electrons. The van der Waals surface area contributed by atoms with Crippen LogP contribution in [0.2, 0.25) is 0 Å². The Bertz CT molecular complexity index is 795. The lowest BCUT2D eigenvalue weighted by molar-refractivity contribution is -0.137. The first kappa shape index (κ1) is 17.4. The topological polar surface area (TPSA) is 51.0 Å². The molecular formula is C17H19F3N4O. The van der Waals surface area contributed by atoms with E-state index in [1.165, 1.54) is 24.8 Å². The molecule has 0 amide bonds. The van der Waals surface area contributed by atoms with Gasteiger partial charge in [0.1, 0.15) is 5.82 Å². The van der Waals surface area contributed by atoms with Gasteiger partial charge in [0.2, 0.25) is 0 Å². The first-order valence-electron chi connectivity index (χ1n) is 8.14. The van der Waals surface area contributed by atoms with E-state index in [4.69, 9.17) is 0 Å². The van der Waals surface area contributed by atoms with Gasteiger partial charge in [-0.15, -0.1) is 0 Å². The Morgan fingerprint density at radius 1 is 1.28 bits per heavy atom. The van der Waals surface area contributed by atoms with Gasteiger partial charge in [0, 0.05) is 37.6 Å². The minimum absolute atomic E-state index is 0.0113. The van der Waals surface area contributed by atoms with Crippen LogP contribution in [0.1, 0.15) is 24.0 Å². The number of alkyl halides is 3. The molecule has 8 heteroatoms. The van der Waals surface area contributed by atoms with E-state index in [0.29, 0.717) is 38.0 Å². The van der Waals surface area contributed by atoms with E-state index in [1.807, 2.05) is 0 Å². The molecule has 0 bridgehead atoms. The first-order valence-corrected chi connectivity index (χ1v) is 8.14. The van der Waals surface area contributed by atoms with Crippen LogP contribution >= 0.6 is 0 Å². The molecule has 1 saturated heterocycles. The van der Waals surface area contributed by atoms with Crippen LogP contribution in [-0.2, 0) is 12.7 Å². The fraction of sp³-hybridized carbons (Fsp3) is 0.471. The highest BCUT2D eigenvalue weighted by Gasteiger charge is 2.36. The number of halogens is 3. The Labute approximate surface area is 143 Å². The van der Waals surface area contributed by atoms with Gasteiger partial charge in [0.05, 0.1) is 11.9 Å². The number of aryl methyl sites for hydroxylation is 1. The summed E-state index contributed by atoms with van der Waals surface area (Å²) in [5.74, 6) is 0.221. The van der Waals surface area contributed by atoms with Crippen LogP contribution in [0.15, 0.2) is 35.6 Å². The summed E-state index contributed by atoms with van der Waals surface area (Å²) in [6.45, 7) is 3.22. The van der Waals surface area contributed by atoms with Crippen molar-refractivity contribution in [2.24, 2.45) is 5.92 Å². The van der Waals surface area contributed by atoms with E-state index in [2.05, 4.69) is 9.97 Å². The van der Waals surface area contributed by atoms with Crippen molar-refractivity contribution in [2.45, 2.75) is 32.5 Å². The molecule has 1 aliphatic rings. The third kappa shape index (κ3) is 3.83. The zero-order valence-electron chi connectivity index (χ0n) is 13.8. The van der Waals surface area contributed by atoms with Crippen LogP contribution in [0.4, 0.5) is 19.0 Å². The lowest BCUT2D eigenvalue weighted by Crippen LogP contribution is -2.38. The van der Waals surface area contributed by atoms with Crippen LogP contribution in [0, 0.1) is 12.8 Å². The number of nitrogens with zero attached hydrogens (tertiary/aromatic N) is 4. The van der Waals surface area contributed by atoms with Crippen molar-refractivity contribution in [3.63, 3.8) is 0 Å². The molecule has 0 aliphatic carbocycles. The fourth-order valence-electron chi connectivity index (χ4n) is 3.17. The number of hydrogen-bond acceptors (Lipinski definition) is 4. The zero-order valence-corrected chi connectivity index (χ0v) is 13.8. The third-order valence-corrected chi connectivity index (χ3v) is 4.53. The van der Waals surface area contributed by atoms with Crippen molar-refractivity contribution in [2.75, 3.05) is 18.0 Å². The zero-order chi connectivity index (χ0) is 18.0. The van der Waals surface area contributed by atoms with Crippen LogP contribution < -0.4 is 10.5 Å². The number of rotatable bonds is 3. The van der Waals surface area contributed by atoms with E-state index < -0.39 is 11.7 Å². The Morgan fingerprint density at radius 2 is 2.00 bits per heavy atom. The molecule has 0 N–H and O–H groups in total. The summed E-state index contributed by atoms with van der Waals surface area (Å²) in [7, 11) is 0. The molecule has 3 rings (SSSR count). The molecule has 5 nitrogen and oxygen atoms in total. The van der Waals surface area contributed by atoms with Crippen LogP contribution in [0.5, 0.6) is 0 Å². The standard InChI is InChI=1S/C17H19F3N4O/c1-12-9-21-11-24(16(12)25)10-13-4-7-23(8-5-13)15-14(17(18,19)20)3-2-6-22-15/h2-3,6,9,11,13H,4-5,7-8,10H2,1H3. The van der Waals surface area contributed by atoms with Crippen molar-refractivity contribution >= 4 is 5.82 Å². The van der Waals surface area contributed by atoms with Gasteiger partial charge in [-0.05, 0) is 37.8 Å². The summed E-state index contributed by atoms with van der Waals surface area (Å²) in [6, 6.07) is 2.36. The molecule has 0 unspecified atom stereocenters. The predicted octanol–water partition coefficient (Wildman–Crippen LogP) is 2.88. The van der Waals surface area contributed by atoms with Crippen molar-refractivity contribution in [3.8, 4) is 0 Å². The summed E-state index contributed by atoms with van der Waals surface area (Å²) in [5.41, 5.74) is -0.183. The van der Waals surface area contributed by atoms with Gasteiger partial charge in [-0.2, -0.15) is 13.2 Å². The van der Waals surface area contributed by atoms with E-state index in [-0.39, 0.29) is 17.3 Å². The van der Waals surface area contributed by atoms with Gasteiger partial charge in [-0.3, -0.25) is 9.36 Å². The predicted molar refractivity (Wildman–Crippen MR) is 87.4 cm³/mol. The molecule has 0 aromatic carbocycles. The minimum Gasteiger partial charge on any atom is -0.356 e. The van der Waals surface area contributed by atoms with Gasteiger partial charge in [-0.25, -0.2) is 9.97 Å². The Balaban J connectivity index is 1.69. The Hall–Kier alpha value is -2.38. The van der Waals surface area contributed by atoms with E-state index in [1.54, 1.807) is 16.4 Å². The third-order valence-electron chi connectivity index (χ3n) is 4.53. The highest BCUT2D eigenvalue weighted by molar-refractivity contribution is 5.48. The average Bonchev–Trinajstić information content (AvgIpc) is 2.59. The number of aromatic nitrogens is 3. The fourth-order valence-corrected chi connectivity index (χ4v) is 3.17. The largest absolute Gasteiger partial charge is 0.419 e. The number of piperidine rings is 1. The van der Waals surface area contributed by atoms with E-state index in [0.717, 1.165) is 6.07 Å². The lowest BCUT2D eigenvalue weighted by Gasteiger charge is -2.34. The van der Waals surface area contributed by atoms with Crippen molar-refractivity contribution < 1.29 is 13.2 Å². The average molecular weight is 352 g/mol. The molecule has 2 aromatic rings. The maximum Gasteiger partial charge on any atom is 0.419 e. The highest BCUT2D eigenvalue weighted by Crippen LogP contribution is 2.36. The highest BCUT2D eigenvalue weighted by atomic mass is 19.4. The lowest BCUT2D eigenvalue weighted by atomic mass is 9.96. The van der Waals surface area contributed by atoms with Crippen molar-refractivity contribution in [1.29, 1.82) is 0 Å². The maximum absolute atomic E-state index is 13.1. The van der Waals surface area contributed by atoms with Crippen LogP contribution in [-0.4, -0.2) is 27.6 Å². The molecule has 0 saturated carbocycles. The summed E-state index contributed by atoms with van der Waals surface area (Å²) in [4.78, 5) is 21.7. The quantitative estimate of drug-likeness (QED) is 0.852. The second-order valence-electron chi connectivity index (χ2n) is 6.34. The second kappa shape index (κ2) is 6.85. The molecular weight excluding hydrogens is 333 g/mol. The number of hydrogen-bond donors (Lipinski definition) is 0. The van der Waals surface area contributed by atoms with Gasteiger partial charge < -0.3 is 4.90 Å². The molecule has 3 heterocycles. The SMILES string of the molecule is Cc1cncn(CC2CCN(c3ncccc3C(F)(F)F)CC2)c1=O. The molecule has 2 aromatic heterocycles. The van der Waals surface area contributed by atoms with Gasteiger partial charge >= 0.3 is 6.18 Å². The van der Waals surface area contributed by atoms with Gasteiger partial charge in [-0.1, -0.05) is 0 Å². The molecule has 0 radical (unpaired) electrons. The summed E-state index contributed by atoms with van der Waals surface area (Å²) in [6.07, 6.45) is 1.42. The summed E-state index contributed by atoms with van der Waals surface area (Å²) >= 11 is 0. The molecule has 1 fully saturated rings. The maximum atomic E-state index is 13.1. The number of anilines is 1. The van der Waals surface area contributed by atoms with Crippen molar-refractivity contribution in [1.82, 2.24) is 14.5 Å². The van der Waals surface area contributed by atoms with Crippen molar-refractivity contribution in [3.05, 3.63) is 52.3 Å². The molecule has 1 aliphatic heterocycles. The summed E-state index contributed by atoms with van der Waals surface area (Å²) in [5, 5.41) is 0. The first-order chi connectivity index (χ1) is 11.9. The number of pyridine rings is 1. The second-order valence-corrected chi connectivity index (χ2v) is 6.34. The van der Waals surface area contributed by atoms with Crippen LogP contribution in [0.3, 0.4) is 0 Å². The Kier molecular flexibility index (Phi) is 4.78. The normalized spacial score (nSPS) is 16.2. The molecule has 0 spiro atoms. The smallest absolute Gasteiger partial charge is 0.356 e. The van der Waals surface area contributed by atoms with E-state index in [9.17, 15) is 18.0 Å². The molecule has 0 atom stereocenters.